The van der Waals surface area contributed by atoms with Crippen molar-refractivity contribution in [3.63, 3.8) is 0 Å². The van der Waals surface area contributed by atoms with Crippen LogP contribution in [0, 0.1) is 0 Å². The zero-order valence-electron chi connectivity index (χ0n) is 7.88. The van der Waals surface area contributed by atoms with Crippen LogP contribution in [0.25, 0.3) is 5.95 Å². The molecule has 0 aliphatic heterocycles. The molecule has 0 atom stereocenters. The Kier molecular flexibility index (Phi) is 2.42. The molecular formula is C8H8ClN5O. The zero-order valence-corrected chi connectivity index (χ0v) is 8.64. The Labute approximate surface area is 90.7 Å². The van der Waals surface area contributed by atoms with Crippen molar-refractivity contribution in [3.05, 3.63) is 23.5 Å². The molecule has 6 nitrogen and oxygen atoms in total. The molecule has 78 valence electrons. The second-order valence-corrected chi connectivity index (χ2v) is 3.11. The summed E-state index contributed by atoms with van der Waals surface area (Å²) >= 11 is 5.76. The molecule has 0 amide bonds. The molecule has 0 unspecified atom stereocenters. The van der Waals surface area contributed by atoms with Crippen LogP contribution in [0.4, 0.5) is 5.82 Å². The summed E-state index contributed by atoms with van der Waals surface area (Å²) in [5.41, 5.74) is 5.50. The Balaban J connectivity index is 2.44. The normalized spacial score (nSPS) is 10.3. The lowest BCUT2D eigenvalue weighted by atomic mass is 10.6. The highest BCUT2D eigenvalue weighted by atomic mass is 35.5. The van der Waals surface area contributed by atoms with E-state index in [4.69, 9.17) is 22.1 Å². The van der Waals surface area contributed by atoms with Crippen LogP contribution in [0.15, 0.2) is 18.5 Å². The number of halogens is 1. The number of ether oxygens (including phenoxy) is 1. The third-order valence-corrected chi connectivity index (χ3v) is 2.02. The van der Waals surface area contributed by atoms with Crippen LogP contribution >= 0.6 is 11.6 Å². The Morgan fingerprint density at radius 1 is 1.53 bits per heavy atom. The van der Waals surface area contributed by atoms with Crippen LogP contribution in [0.3, 0.4) is 0 Å². The predicted octanol–water partition coefficient (Wildman–Crippen LogP) is 0.906. The Bertz CT molecular complexity index is 464. The molecule has 0 spiro atoms. The van der Waals surface area contributed by atoms with Crippen molar-refractivity contribution in [2.75, 3.05) is 12.8 Å². The summed E-state index contributed by atoms with van der Waals surface area (Å²) in [5.74, 6) is 1.04. The van der Waals surface area contributed by atoms with Gasteiger partial charge in [-0.2, -0.15) is 4.98 Å². The highest BCUT2D eigenvalue weighted by Gasteiger charge is 2.07. The standard InChI is InChI=1S/C8H8ClN5O/c1-15-6-2-3-11-8(12-6)14-4-5(9)7(10)13-14/h2-4H,1H3,(H2,10,13). The molecule has 2 aromatic heterocycles. The van der Waals surface area contributed by atoms with Gasteiger partial charge in [0.05, 0.1) is 13.3 Å². The number of anilines is 1. The molecule has 7 heteroatoms. The largest absolute Gasteiger partial charge is 0.481 e. The van der Waals surface area contributed by atoms with Gasteiger partial charge in [-0.25, -0.2) is 9.67 Å². The Morgan fingerprint density at radius 3 is 2.93 bits per heavy atom. The van der Waals surface area contributed by atoms with Gasteiger partial charge in [-0.05, 0) is 0 Å². The number of rotatable bonds is 2. The van der Waals surface area contributed by atoms with E-state index in [1.54, 1.807) is 12.3 Å². The summed E-state index contributed by atoms with van der Waals surface area (Å²) in [5, 5.41) is 4.30. The zero-order chi connectivity index (χ0) is 10.8. The number of hydrogen-bond acceptors (Lipinski definition) is 5. The van der Waals surface area contributed by atoms with Gasteiger partial charge in [0.2, 0.25) is 5.88 Å². The third-order valence-electron chi connectivity index (χ3n) is 1.73. The molecule has 0 fully saturated rings. The van der Waals surface area contributed by atoms with Crippen LogP contribution in [0.2, 0.25) is 5.02 Å². The van der Waals surface area contributed by atoms with Gasteiger partial charge >= 0.3 is 0 Å². The van der Waals surface area contributed by atoms with Crippen molar-refractivity contribution in [2.24, 2.45) is 0 Å². The molecule has 0 aliphatic carbocycles. The summed E-state index contributed by atoms with van der Waals surface area (Å²) in [4.78, 5) is 8.08. The molecule has 2 aromatic rings. The van der Waals surface area contributed by atoms with E-state index in [9.17, 15) is 0 Å². The predicted molar refractivity (Wildman–Crippen MR) is 55.1 cm³/mol. The lowest BCUT2D eigenvalue weighted by molar-refractivity contribution is 0.395. The van der Waals surface area contributed by atoms with Crippen molar-refractivity contribution in [1.82, 2.24) is 19.7 Å². The van der Waals surface area contributed by atoms with Crippen LogP contribution in [-0.2, 0) is 0 Å². The molecule has 2 N–H and O–H groups in total. The second-order valence-electron chi connectivity index (χ2n) is 2.71. The maximum absolute atomic E-state index is 5.76. The number of nitrogens with two attached hydrogens (primary N) is 1. The van der Waals surface area contributed by atoms with Crippen molar-refractivity contribution in [1.29, 1.82) is 0 Å². The van der Waals surface area contributed by atoms with Crippen molar-refractivity contribution >= 4 is 17.4 Å². The van der Waals surface area contributed by atoms with Gasteiger partial charge in [-0.15, -0.1) is 5.10 Å². The van der Waals surface area contributed by atoms with Crippen molar-refractivity contribution < 1.29 is 4.74 Å². The molecule has 0 aromatic carbocycles. The topological polar surface area (TPSA) is 78.9 Å². The first-order chi connectivity index (χ1) is 7.20. The average Bonchev–Trinajstić information content (AvgIpc) is 2.59. The first-order valence-corrected chi connectivity index (χ1v) is 4.46. The fraction of sp³-hybridized carbons (Fsp3) is 0.125. The molecule has 15 heavy (non-hydrogen) atoms. The van der Waals surface area contributed by atoms with Crippen LogP contribution in [0.1, 0.15) is 0 Å². The quantitative estimate of drug-likeness (QED) is 0.822. The maximum Gasteiger partial charge on any atom is 0.253 e. The van der Waals surface area contributed by atoms with E-state index in [1.165, 1.54) is 18.0 Å². The maximum atomic E-state index is 5.76. The smallest absolute Gasteiger partial charge is 0.253 e. The molecule has 2 heterocycles. The van der Waals surface area contributed by atoms with Gasteiger partial charge in [0.15, 0.2) is 5.82 Å². The van der Waals surface area contributed by atoms with E-state index in [-0.39, 0.29) is 5.82 Å². The minimum atomic E-state index is 0.239. The van der Waals surface area contributed by atoms with Crippen molar-refractivity contribution in [3.8, 4) is 11.8 Å². The second kappa shape index (κ2) is 3.74. The highest BCUT2D eigenvalue weighted by Crippen LogP contribution is 2.17. The number of nitrogen functional groups attached to an aromatic ring is 1. The van der Waals surface area contributed by atoms with E-state index in [0.29, 0.717) is 16.9 Å². The lowest BCUT2D eigenvalue weighted by Gasteiger charge is -2.00. The van der Waals surface area contributed by atoms with Gasteiger partial charge in [0.25, 0.3) is 5.95 Å². The fourth-order valence-electron chi connectivity index (χ4n) is 1.03. The van der Waals surface area contributed by atoms with Gasteiger partial charge in [0, 0.05) is 12.3 Å². The van der Waals surface area contributed by atoms with Gasteiger partial charge in [-0.3, -0.25) is 0 Å². The minimum absolute atomic E-state index is 0.239. The van der Waals surface area contributed by atoms with Gasteiger partial charge < -0.3 is 10.5 Å². The molecule has 0 radical (unpaired) electrons. The average molecular weight is 226 g/mol. The molecule has 0 aliphatic rings. The summed E-state index contributed by atoms with van der Waals surface area (Å²) in [6.45, 7) is 0. The van der Waals surface area contributed by atoms with E-state index in [2.05, 4.69) is 15.1 Å². The molecule has 0 saturated carbocycles. The first kappa shape index (κ1) is 9.72. The van der Waals surface area contributed by atoms with Gasteiger partial charge in [0.1, 0.15) is 5.02 Å². The molecule has 0 saturated heterocycles. The number of aromatic nitrogens is 4. The number of methoxy groups -OCH3 is 1. The van der Waals surface area contributed by atoms with Crippen LogP contribution < -0.4 is 10.5 Å². The van der Waals surface area contributed by atoms with Gasteiger partial charge in [-0.1, -0.05) is 11.6 Å². The number of hydrogen-bond donors (Lipinski definition) is 1. The Hall–Kier alpha value is -1.82. The minimum Gasteiger partial charge on any atom is -0.481 e. The van der Waals surface area contributed by atoms with E-state index < -0.39 is 0 Å². The highest BCUT2D eigenvalue weighted by molar-refractivity contribution is 6.32. The molecular weight excluding hydrogens is 218 g/mol. The van der Waals surface area contributed by atoms with Crippen LogP contribution in [0.5, 0.6) is 5.88 Å². The lowest BCUT2D eigenvalue weighted by Crippen LogP contribution is -2.03. The van der Waals surface area contributed by atoms with Crippen LogP contribution in [-0.4, -0.2) is 26.9 Å². The summed E-state index contributed by atoms with van der Waals surface area (Å²) < 4.78 is 6.35. The number of nitrogens with zero attached hydrogens (tertiary/aromatic N) is 4. The van der Waals surface area contributed by atoms with Crippen molar-refractivity contribution in [2.45, 2.75) is 0 Å². The summed E-state index contributed by atoms with van der Waals surface area (Å²) in [6.07, 6.45) is 3.10. The SMILES string of the molecule is COc1ccnc(-n2cc(Cl)c(N)n2)n1. The fourth-order valence-corrected chi connectivity index (χ4v) is 1.16. The summed E-state index contributed by atoms with van der Waals surface area (Å²) in [7, 11) is 1.52. The van der Waals surface area contributed by atoms with E-state index >= 15 is 0 Å². The third kappa shape index (κ3) is 1.84. The van der Waals surface area contributed by atoms with E-state index in [1.807, 2.05) is 0 Å². The first-order valence-electron chi connectivity index (χ1n) is 4.09. The van der Waals surface area contributed by atoms with E-state index in [0.717, 1.165) is 0 Å². The molecule has 0 bridgehead atoms. The molecule has 2 rings (SSSR count). The monoisotopic (exact) mass is 225 g/mol. The summed E-state index contributed by atoms with van der Waals surface area (Å²) in [6, 6.07) is 1.64. The Morgan fingerprint density at radius 2 is 2.33 bits per heavy atom.